The van der Waals surface area contributed by atoms with E-state index in [1.807, 2.05) is 0 Å². The SMILES string of the molecule is O=C(/C=C/[O-])c1ccc(F)cc1F.[Na+]. The fourth-order valence-corrected chi connectivity index (χ4v) is 0.841. The molecule has 0 unspecified atom stereocenters. The van der Waals surface area contributed by atoms with Gasteiger partial charge < -0.3 is 5.11 Å². The van der Waals surface area contributed by atoms with Gasteiger partial charge in [0.1, 0.15) is 11.6 Å². The Balaban J connectivity index is 0.00000169. The second-order valence-corrected chi connectivity index (χ2v) is 2.29. The molecule has 1 aromatic carbocycles. The van der Waals surface area contributed by atoms with Gasteiger partial charge >= 0.3 is 29.6 Å². The molecule has 0 aromatic heterocycles. The summed E-state index contributed by atoms with van der Waals surface area (Å²) in [5, 5.41) is 9.89. The first-order valence-corrected chi connectivity index (χ1v) is 3.43. The zero-order chi connectivity index (χ0) is 9.84. The molecule has 5 heteroatoms. The van der Waals surface area contributed by atoms with Crippen molar-refractivity contribution in [1.29, 1.82) is 0 Å². The summed E-state index contributed by atoms with van der Waals surface area (Å²) in [5.74, 6) is -2.50. The van der Waals surface area contributed by atoms with Crippen LogP contribution in [0.5, 0.6) is 0 Å². The zero-order valence-electron chi connectivity index (χ0n) is 7.46. The van der Waals surface area contributed by atoms with E-state index in [1.165, 1.54) is 0 Å². The number of carbonyl (C=O) groups is 1. The number of carbonyl (C=O) groups excluding carboxylic acids is 1. The molecule has 68 valence electrons. The van der Waals surface area contributed by atoms with Crippen LogP contribution in [-0.2, 0) is 0 Å². The predicted octanol–water partition coefficient (Wildman–Crippen LogP) is -1.97. The van der Waals surface area contributed by atoms with Gasteiger partial charge in [-0.1, -0.05) is 0 Å². The Morgan fingerprint density at radius 2 is 2.00 bits per heavy atom. The Hall–Kier alpha value is -0.710. The molecular formula is C9H5F2NaO2. The fraction of sp³-hybridized carbons (Fsp3) is 0. The zero-order valence-corrected chi connectivity index (χ0v) is 9.46. The molecule has 1 aromatic rings. The van der Waals surface area contributed by atoms with E-state index < -0.39 is 17.4 Å². The smallest absolute Gasteiger partial charge is 0.878 e. The maximum atomic E-state index is 12.8. The first-order chi connectivity index (χ1) is 6.15. The Morgan fingerprint density at radius 1 is 1.36 bits per heavy atom. The summed E-state index contributed by atoms with van der Waals surface area (Å²) in [6.07, 6.45) is 0.932. The second kappa shape index (κ2) is 5.90. The van der Waals surface area contributed by atoms with Crippen molar-refractivity contribution < 1.29 is 48.2 Å². The number of ketones is 1. The third kappa shape index (κ3) is 3.21. The van der Waals surface area contributed by atoms with Crippen molar-refractivity contribution in [3.8, 4) is 0 Å². The largest absolute Gasteiger partial charge is 1.00 e. The number of allylic oxidation sites excluding steroid dienone is 1. The van der Waals surface area contributed by atoms with Gasteiger partial charge in [-0.3, -0.25) is 4.79 Å². The van der Waals surface area contributed by atoms with Crippen LogP contribution < -0.4 is 34.7 Å². The van der Waals surface area contributed by atoms with Crippen LogP contribution >= 0.6 is 0 Å². The number of hydrogen-bond donors (Lipinski definition) is 0. The second-order valence-electron chi connectivity index (χ2n) is 2.29. The predicted molar refractivity (Wildman–Crippen MR) is 39.8 cm³/mol. The summed E-state index contributed by atoms with van der Waals surface area (Å²) < 4.78 is 25.2. The molecule has 0 aliphatic rings. The van der Waals surface area contributed by atoms with Crippen molar-refractivity contribution in [3.05, 3.63) is 47.7 Å². The topological polar surface area (TPSA) is 40.1 Å². The van der Waals surface area contributed by atoms with Crippen LogP contribution in [0.25, 0.3) is 0 Å². The van der Waals surface area contributed by atoms with Crippen molar-refractivity contribution in [2.24, 2.45) is 0 Å². The Kier molecular flexibility index (Phi) is 5.60. The van der Waals surface area contributed by atoms with E-state index in [0.717, 1.165) is 12.1 Å². The van der Waals surface area contributed by atoms with E-state index in [1.54, 1.807) is 0 Å². The molecule has 0 aliphatic heterocycles. The van der Waals surface area contributed by atoms with E-state index in [0.29, 0.717) is 12.1 Å². The maximum absolute atomic E-state index is 12.8. The van der Waals surface area contributed by atoms with E-state index in [9.17, 15) is 18.7 Å². The molecule has 0 radical (unpaired) electrons. The molecule has 0 fully saturated rings. The normalized spacial score (nSPS) is 9.86. The van der Waals surface area contributed by atoms with Crippen molar-refractivity contribution in [2.75, 3.05) is 0 Å². The average Bonchev–Trinajstić information content (AvgIpc) is 2.04. The summed E-state index contributed by atoms with van der Waals surface area (Å²) in [5.41, 5.74) is -0.312. The summed E-state index contributed by atoms with van der Waals surface area (Å²) >= 11 is 0. The van der Waals surface area contributed by atoms with Gasteiger partial charge in [0.15, 0.2) is 5.78 Å². The molecule has 0 bridgehead atoms. The monoisotopic (exact) mass is 206 g/mol. The number of benzene rings is 1. The van der Waals surface area contributed by atoms with Gasteiger partial charge in [0.2, 0.25) is 0 Å². The molecule has 2 nitrogen and oxygen atoms in total. The molecule has 1 rings (SSSR count). The molecule has 0 saturated heterocycles. The van der Waals surface area contributed by atoms with E-state index in [4.69, 9.17) is 0 Å². The Labute approximate surface area is 102 Å². The van der Waals surface area contributed by atoms with Crippen LogP contribution in [0.2, 0.25) is 0 Å². The van der Waals surface area contributed by atoms with Gasteiger partial charge in [0, 0.05) is 6.07 Å². The van der Waals surface area contributed by atoms with Gasteiger partial charge in [-0.2, -0.15) is 0 Å². The Bertz CT molecular complexity index is 364. The first-order valence-electron chi connectivity index (χ1n) is 3.43. The average molecular weight is 206 g/mol. The molecule has 0 saturated carbocycles. The molecule has 0 aliphatic carbocycles. The first kappa shape index (κ1) is 13.3. The third-order valence-electron chi connectivity index (χ3n) is 1.42. The van der Waals surface area contributed by atoms with Gasteiger partial charge in [0.05, 0.1) is 5.56 Å². The van der Waals surface area contributed by atoms with Crippen LogP contribution in [0.1, 0.15) is 10.4 Å². The van der Waals surface area contributed by atoms with Gasteiger partial charge in [-0.15, -0.1) is 6.26 Å². The van der Waals surface area contributed by atoms with Crippen LogP contribution in [-0.4, -0.2) is 5.78 Å². The molecule has 0 spiro atoms. The number of rotatable bonds is 2. The standard InChI is InChI=1S/C9H6F2O2.Na/c10-6-1-2-7(8(11)5-6)9(13)3-4-12;/h1-5,12H;/q;+1/p-1/b4-3+;. The summed E-state index contributed by atoms with van der Waals surface area (Å²) in [6.45, 7) is 0. The van der Waals surface area contributed by atoms with Crippen molar-refractivity contribution >= 4 is 5.78 Å². The van der Waals surface area contributed by atoms with Gasteiger partial charge in [-0.25, -0.2) is 8.78 Å². The van der Waals surface area contributed by atoms with Crippen LogP contribution in [0.15, 0.2) is 30.5 Å². The molecule has 0 atom stereocenters. The summed E-state index contributed by atoms with van der Waals surface area (Å²) in [4.78, 5) is 10.9. The summed E-state index contributed by atoms with van der Waals surface area (Å²) in [7, 11) is 0. The summed E-state index contributed by atoms with van der Waals surface area (Å²) in [6, 6.07) is 2.54. The van der Waals surface area contributed by atoms with Crippen molar-refractivity contribution in [1.82, 2.24) is 0 Å². The van der Waals surface area contributed by atoms with Crippen molar-refractivity contribution in [3.63, 3.8) is 0 Å². The minimum atomic E-state index is -0.969. The van der Waals surface area contributed by atoms with Crippen LogP contribution in [0.3, 0.4) is 0 Å². The molecule has 0 N–H and O–H groups in total. The number of halogens is 2. The van der Waals surface area contributed by atoms with E-state index in [-0.39, 0.29) is 41.4 Å². The van der Waals surface area contributed by atoms with Crippen LogP contribution in [0.4, 0.5) is 8.78 Å². The molecule has 0 heterocycles. The molecule has 14 heavy (non-hydrogen) atoms. The minimum absolute atomic E-state index is 0. The van der Waals surface area contributed by atoms with Gasteiger partial charge in [-0.05, 0) is 18.2 Å². The fourth-order valence-electron chi connectivity index (χ4n) is 0.841. The Morgan fingerprint density at radius 3 is 2.50 bits per heavy atom. The molecular weight excluding hydrogens is 201 g/mol. The maximum Gasteiger partial charge on any atom is 1.00 e. The number of hydrogen-bond acceptors (Lipinski definition) is 2. The van der Waals surface area contributed by atoms with Crippen LogP contribution in [0, 0.1) is 11.6 Å². The quantitative estimate of drug-likeness (QED) is 0.243. The third-order valence-corrected chi connectivity index (χ3v) is 1.42. The van der Waals surface area contributed by atoms with Crippen molar-refractivity contribution in [2.45, 2.75) is 0 Å². The van der Waals surface area contributed by atoms with E-state index >= 15 is 0 Å². The van der Waals surface area contributed by atoms with Gasteiger partial charge in [0.25, 0.3) is 0 Å². The molecule has 0 amide bonds. The minimum Gasteiger partial charge on any atom is -0.878 e. The van der Waals surface area contributed by atoms with E-state index in [2.05, 4.69) is 0 Å².